The number of hydrogen-bond acceptors (Lipinski definition) is 6. The Bertz CT molecular complexity index is 2360. The topological polar surface area (TPSA) is 146 Å². The molecule has 0 saturated heterocycles. The molecular formula is C53H76N8O3. The zero-order chi connectivity index (χ0) is 46.3. The van der Waals surface area contributed by atoms with Crippen molar-refractivity contribution >= 4 is 57.4 Å². The number of hydrogen-bond donors (Lipinski definition) is 2. The van der Waals surface area contributed by atoms with Crippen molar-refractivity contribution in [1.82, 2.24) is 24.4 Å². The summed E-state index contributed by atoms with van der Waals surface area (Å²) in [5.74, 6) is 1.53. The SMILES string of the molecule is CC.CC.CCCN(CCC)c1ccc2c(c1)nc(Cc1ccc(/C=C/C(N)=O)cc1)n2C.CCCN(CCC)c1ccc2c(c1)nc(Cc1cccc(/C=C/C(=O)NC)c1)n2C.O. The molecule has 0 saturated carbocycles. The molecule has 0 bridgehead atoms. The van der Waals surface area contributed by atoms with Crippen molar-refractivity contribution in [3.8, 4) is 0 Å². The van der Waals surface area contributed by atoms with Crippen LogP contribution in [0.2, 0.25) is 0 Å². The Morgan fingerprint density at radius 1 is 0.609 bits per heavy atom. The highest BCUT2D eigenvalue weighted by Crippen LogP contribution is 2.26. The molecular weight excluding hydrogens is 797 g/mol. The molecule has 0 spiro atoms. The Hall–Kier alpha value is -6.20. The van der Waals surface area contributed by atoms with E-state index < -0.39 is 5.91 Å². The number of imidazole rings is 2. The van der Waals surface area contributed by atoms with Crippen molar-refractivity contribution in [2.24, 2.45) is 19.8 Å². The molecule has 0 fully saturated rings. The van der Waals surface area contributed by atoms with Crippen LogP contribution in [0.1, 0.15) is 115 Å². The lowest BCUT2D eigenvalue weighted by Crippen LogP contribution is -2.24. The zero-order valence-corrected chi connectivity index (χ0v) is 40.5. The van der Waals surface area contributed by atoms with Gasteiger partial charge >= 0.3 is 0 Å². The molecule has 0 atom stereocenters. The number of carbonyl (C=O) groups excluding carboxylic acids is 2. The van der Waals surface area contributed by atoms with Crippen LogP contribution in [-0.2, 0) is 36.5 Å². The maximum absolute atomic E-state index is 11.4. The third kappa shape index (κ3) is 15.6. The van der Waals surface area contributed by atoms with Gasteiger partial charge in [0.1, 0.15) is 11.6 Å². The summed E-state index contributed by atoms with van der Waals surface area (Å²) in [6.07, 6.45) is 12.5. The lowest BCUT2D eigenvalue weighted by atomic mass is 10.1. The second-order valence-corrected chi connectivity index (χ2v) is 15.0. The number of primary amides is 1. The largest absolute Gasteiger partial charge is 0.412 e. The number of nitrogens with zero attached hydrogens (tertiary/aromatic N) is 6. The maximum Gasteiger partial charge on any atom is 0.243 e. The number of amides is 2. The highest BCUT2D eigenvalue weighted by molar-refractivity contribution is 5.91. The van der Waals surface area contributed by atoms with E-state index >= 15 is 0 Å². The van der Waals surface area contributed by atoms with Crippen molar-refractivity contribution in [2.75, 3.05) is 43.0 Å². The second kappa shape index (κ2) is 28.5. The third-order valence-electron chi connectivity index (χ3n) is 10.4. The van der Waals surface area contributed by atoms with Crippen molar-refractivity contribution in [3.05, 3.63) is 131 Å². The standard InChI is InChI=1S/C25H32N4O.C24H30N4O.2C2H6.H2O/c1-5-14-29(15-6-2)21-11-12-23-22(18-21)27-24(28(23)4)17-20-9-7-8-19(16-20)10-13-25(30)26-3;1-4-14-28(15-5-2)20-11-12-22-21(17-20)26-24(27(22)3)16-19-8-6-18(7-9-19)10-13-23(25)29;2*1-2;/h7-13,16,18H,5-6,14-15,17H2,1-4H3,(H,26,30);6-13,17H,4-5,14-16H2,1-3H3,(H2,25,29);2*1-2H3;1H2/b2*13-10+;;;. The highest BCUT2D eigenvalue weighted by atomic mass is 16.1. The molecule has 11 heteroatoms. The predicted octanol–water partition coefficient (Wildman–Crippen LogP) is 10.1. The van der Waals surface area contributed by atoms with Gasteiger partial charge in [0.25, 0.3) is 0 Å². The van der Waals surface area contributed by atoms with Gasteiger partial charge in [0.05, 0.1) is 22.1 Å². The molecule has 0 unspecified atom stereocenters. The normalized spacial score (nSPS) is 10.7. The summed E-state index contributed by atoms with van der Waals surface area (Å²) in [5, 5.41) is 2.60. The first-order chi connectivity index (χ1) is 30.6. The fourth-order valence-corrected chi connectivity index (χ4v) is 7.36. The minimum absolute atomic E-state index is 0. The van der Waals surface area contributed by atoms with E-state index in [1.807, 2.05) is 58.0 Å². The van der Waals surface area contributed by atoms with Gasteiger partial charge in [-0.25, -0.2) is 9.97 Å². The van der Waals surface area contributed by atoms with E-state index in [9.17, 15) is 9.59 Å². The quantitative estimate of drug-likeness (QED) is 0.0823. The number of carbonyl (C=O) groups is 2. The number of fused-ring (bicyclic) bond motifs is 2. The Morgan fingerprint density at radius 3 is 1.50 bits per heavy atom. The third-order valence-corrected chi connectivity index (χ3v) is 10.4. The van der Waals surface area contributed by atoms with Crippen molar-refractivity contribution in [3.63, 3.8) is 0 Å². The first-order valence-electron chi connectivity index (χ1n) is 23.0. The van der Waals surface area contributed by atoms with Gasteiger partial charge in [-0.15, -0.1) is 0 Å². The van der Waals surface area contributed by atoms with Gasteiger partial charge in [0, 0.05) is 83.7 Å². The van der Waals surface area contributed by atoms with Crippen LogP contribution in [0, 0.1) is 0 Å². The average Bonchev–Trinajstić information content (AvgIpc) is 3.79. The second-order valence-electron chi connectivity index (χ2n) is 15.0. The molecule has 0 aliphatic carbocycles. The smallest absolute Gasteiger partial charge is 0.243 e. The van der Waals surface area contributed by atoms with Gasteiger partial charge in [0.2, 0.25) is 11.8 Å². The predicted molar refractivity (Wildman–Crippen MR) is 273 cm³/mol. The van der Waals surface area contributed by atoms with Gasteiger partial charge in [-0.05, 0) is 96.5 Å². The molecule has 11 nitrogen and oxygen atoms in total. The monoisotopic (exact) mass is 873 g/mol. The van der Waals surface area contributed by atoms with Crippen molar-refractivity contribution in [2.45, 2.75) is 93.9 Å². The van der Waals surface area contributed by atoms with Gasteiger partial charge < -0.3 is 35.5 Å². The molecule has 0 radical (unpaired) electrons. The Balaban J connectivity index is 0.000000403. The molecule has 2 aromatic heterocycles. The van der Waals surface area contributed by atoms with Crippen LogP contribution in [0.4, 0.5) is 11.4 Å². The summed E-state index contributed by atoms with van der Waals surface area (Å²) >= 11 is 0. The molecule has 2 amide bonds. The van der Waals surface area contributed by atoms with Gasteiger partial charge in [0.15, 0.2) is 0 Å². The summed E-state index contributed by atoms with van der Waals surface area (Å²) in [5.41, 5.74) is 16.3. The summed E-state index contributed by atoms with van der Waals surface area (Å²) < 4.78 is 4.35. The Labute approximate surface area is 383 Å². The number of anilines is 2. The number of nitrogens with two attached hydrogens (primary N) is 1. The Kier molecular flexibility index (Phi) is 24.0. The maximum atomic E-state index is 11.4. The summed E-state index contributed by atoms with van der Waals surface area (Å²) in [6, 6.07) is 29.5. The van der Waals surface area contributed by atoms with E-state index in [0.29, 0.717) is 0 Å². The van der Waals surface area contributed by atoms with E-state index in [1.54, 1.807) is 19.2 Å². The van der Waals surface area contributed by atoms with E-state index in [2.05, 4.69) is 127 Å². The highest BCUT2D eigenvalue weighted by Gasteiger charge is 2.14. The molecule has 5 N–H and O–H groups in total. The summed E-state index contributed by atoms with van der Waals surface area (Å²) in [4.78, 5) is 37.0. The van der Waals surface area contributed by atoms with E-state index in [-0.39, 0.29) is 11.4 Å². The van der Waals surface area contributed by atoms with Crippen LogP contribution in [0.25, 0.3) is 34.2 Å². The minimum Gasteiger partial charge on any atom is -0.412 e. The van der Waals surface area contributed by atoms with Crippen LogP contribution in [0.15, 0.2) is 97.1 Å². The molecule has 0 aliphatic heterocycles. The van der Waals surface area contributed by atoms with E-state index in [1.165, 1.54) is 28.6 Å². The van der Waals surface area contributed by atoms with Crippen molar-refractivity contribution in [1.29, 1.82) is 0 Å². The molecule has 6 rings (SSSR count). The zero-order valence-electron chi connectivity index (χ0n) is 40.5. The first-order valence-corrected chi connectivity index (χ1v) is 23.0. The van der Waals surface area contributed by atoms with Crippen LogP contribution >= 0.6 is 0 Å². The number of nitrogens with one attached hydrogen (secondary N) is 1. The van der Waals surface area contributed by atoms with Crippen LogP contribution in [-0.4, -0.2) is 69.6 Å². The number of rotatable bonds is 18. The molecule has 64 heavy (non-hydrogen) atoms. The molecule has 4 aromatic carbocycles. The minimum atomic E-state index is -0.440. The number of likely N-dealkylation sites (N-methyl/N-ethyl adjacent to an activating group) is 1. The summed E-state index contributed by atoms with van der Waals surface area (Å²) in [6.45, 7) is 21.1. The lowest BCUT2D eigenvalue weighted by Gasteiger charge is -2.23. The Morgan fingerprint density at radius 2 is 1.06 bits per heavy atom. The van der Waals surface area contributed by atoms with Gasteiger partial charge in [-0.3, -0.25) is 9.59 Å². The van der Waals surface area contributed by atoms with Gasteiger partial charge in [-0.2, -0.15) is 0 Å². The molecule has 2 heterocycles. The van der Waals surface area contributed by atoms with E-state index in [0.717, 1.165) is 110 Å². The average molecular weight is 873 g/mol. The van der Waals surface area contributed by atoms with Crippen molar-refractivity contribution < 1.29 is 15.1 Å². The number of aryl methyl sites for hydroxylation is 2. The van der Waals surface area contributed by atoms with Crippen LogP contribution < -0.4 is 20.9 Å². The molecule has 0 aliphatic rings. The fourth-order valence-electron chi connectivity index (χ4n) is 7.36. The summed E-state index contributed by atoms with van der Waals surface area (Å²) in [7, 11) is 5.78. The first kappa shape index (κ1) is 53.9. The van der Waals surface area contributed by atoms with Gasteiger partial charge in [-0.1, -0.05) is 104 Å². The number of aromatic nitrogens is 4. The van der Waals surface area contributed by atoms with E-state index in [4.69, 9.17) is 15.7 Å². The molecule has 346 valence electrons. The van der Waals surface area contributed by atoms with Crippen LogP contribution in [0.3, 0.4) is 0 Å². The number of benzene rings is 4. The lowest BCUT2D eigenvalue weighted by molar-refractivity contribution is -0.116. The molecule has 6 aromatic rings. The van der Waals surface area contributed by atoms with Crippen LogP contribution in [0.5, 0.6) is 0 Å². The fraction of sp³-hybridized carbons (Fsp3) is 0.396.